The van der Waals surface area contributed by atoms with E-state index in [0.29, 0.717) is 0 Å². The zero-order valence-corrected chi connectivity index (χ0v) is 12.4. The van der Waals surface area contributed by atoms with Gasteiger partial charge in [-0.25, -0.2) is 8.42 Å². The van der Waals surface area contributed by atoms with Crippen LogP contribution in [0.2, 0.25) is 0 Å². The van der Waals surface area contributed by atoms with Crippen LogP contribution in [0, 0.1) is 0 Å². The highest BCUT2D eigenvalue weighted by Gasteiger charge is 2.41. The first kappa shape index (κ1) is 17.8. The maximum Gasteiger partial charge on any atom is 0.148 e. The van der Waals surface area contributed by atoms with Gasteiger partial charge in [-0.1, -0.05) is 0 Å². The van der Waals surface area contributed by atoms with Crippen molar-refractivity contribution in [3.05, 3.63) is 0 Å². The minimum absolute atomic E-state index is 0.0913. The Balaban J connectivity index is 5.23. The molecule has 0 rings (SSSR count). The highest BCUT2D eigenvalue weighted by molar-refractivity contribution is 7.90. The molecule has 110 valence electrons. The Labute approximate surface area is 109 Å². The van der Waals surface area contributed by atoms with Crippen LogP contribution in [0.5, 0.6) is 0 Å². The highest BCUT2D eigenvalue weighted by atomic mass is 32.2. The van der Waals surface area contributed by atoms with E-state index >= 15 is 0 Å². The van der Waals surface area contributed by atoms with Crippen molar-refractivity contribution in [3.8, 4) is 0 Å². The number of hydrogen-bond acceptors (Lipinski definition) is 6. The zero-order valence-electron chi connectivity index (χ0n) is 11.5. The normalized spacial score (nSPS) is 14.2. The number of nitrogens with zero attached hydrogens (tertiary/aromatic N) is 1. The van der Waals surface area contributed by atoms with Crippen molar-refractivity contribution in [2.75, 3.05) is 38.4 Å². The Kier molecular flexibility index (Phi) is 6.22. The van der Waals surface area contributed by atoms with E-state index in [9.17, 15) is 23.7 Å². The SMILES string of the molecule is CC(C)(C)N(CCS(C)(=O)=O)C(CO)(CO)CO. The Hall–Kier alpha value is -0.210. The average Bonchev–Trinajstić information content (AvgIpc) is 2.21. The van der Waals surface area contributed by atoms with E-state index in [1.165, 1.54) is 0 Å². The van der Waals surface area contributed by atoms with Crippen LogP contribution in [0.4, 0.5) is 0 Å². The number of aliphatic hydroxyl groups excluding tert-OH is 3. The Morgan fingerprint density at radius 3 is 1.61 bits per heavy atom. The van der Waals surface area contributed by atoms with Gasteiger partial charge in [0.25, 0.3) is 0 Å². The van der Waals surface area contributed by atoms with E-state index in [1.54, 1.807) is 4.90 Å². The maximum atomic E-state index is 11.2. The summed E-state index contributed by atoms with van der Waals surface area (Å²) in [6.45, 7) is 4.33. The molecule has 0 amide bonds. The van der Waals surface area contributed by atoms with Gasteiger partial charge >= 0.3 is 0 Å². The molecule has 0 unspecified atom stereocenters. The zero-order chi connectivity index (χ0) is 14.6. The lowest BCUT2D eigenvalue weighted by Crippen LogP contribution is -2.64. The molecule has 0 saturated carbocycles. The molecule has 3 N–H and O–H groups in total. The molecule has 0 radical (unpaired) electrons. The van der Waals surface area contributed by atoms with E-state index in [1.807, 2.05) is 20.8 Å². The number of hydrogen-bond donors (Lipinski definition) is 3. The Morgan fingerprint density at radius 1 is 1.00 bits per heavy atom. The van der Waals surface area contributed by atoms with Gasteiger partial charge in [-0.05, 0) is 20.8 Å². The average molecular weight is 283 g/mol. The summed E-state index contributed by atoms with van der Waals surface area (Å²) in [5.41, 5.74) is -1.71. The molecule has 0 aliphatic carbocycles. The lowest BCUT2D eigenvalue weighted by Gasteiger charge is -2.48. The highest BCUT2D eigenvalue weighted by Crippen LogP contribution is 2.25. The number of sulfone groups is 1. The molecule has 18 heavy (non-hydrogen) atoms. The first-order valence-electron chi connectivity index (χ1n) is 5.80. The lowest BCUT2D eigenvalue weighted by atomic mass is 9.93. The molecule has 6 nitrogen and oxygen atoms in total. The molecule has 0 aromatic heterocycles. The summed E-state index contributed by atoms with van der Waals surface area (Å²) in [6.07, 6.45) is 1.13. The fourth-order valence-electron chi connectivity index (χ4n) is 1.95. The van der Waals surface area contributed by atoms with E-state index in [-0.39, 0.29) is 12.3 Å². The second-order valence-corrected chi connectivity index (χ2v) is 7.91. The van der Waals surface area contributed by atoms with Gasteiger partial charge < -0.3 is 15.3 Å². The van der Waals surface area contributed by atoms with E-state index in [4.69, 9.17) is 0 Å². The van der Waals surface area contributed by atoms with Gasteiger partial charge in [-0.3, -0.25) is 4.90 Å². The lowest BCUT2D eigenvalue weighted by molar-refractivity contribution is -0.0846. The Morgan fingerprint density at radius 2 is 1.39 bits per heavy atom. The van der Waals surface area contributed by atoms with Crippen LogP contribution >= 0.6 is 0 Å². The topological polar surface area (TPSA) is 98.1 Å². The third-order valence-electron chi connectivity index (χ3n) is 2.95. The van der Waals surface area contributed by atoms with Crippen LogP contribution in [-0.4, -0.2) is 78.1 Å². The van der Waals surface area contributed by atoms with Crippen molar-refractivity contribution in [1.29, 1.82) is 0 Å². The van der Waals surface area contributed by atoms with Crippen molar-refractivity contribution in [3.63, 3.8) is 0 Å². The van der Waals surface area contributed by atoms with Gasteiger partial charge in [0.05, 0.1) is 31.1 Å². The minimum Gasteiger partial charge on any atom is -0.394 e. The van der Waals surface area contributed by atoms with Gasteiger partial charge in [0, 0.05) is 18.3 Å². The summed E-state index contributed by atoms with van der Waals surface area (Å²) in [5.74, 6) is -0.0913. The van der Waals surface area contributed by atoms with Crippen LogP contribution in [-0.2, 0) is 9.84 Å². The Bertz CT molecular complexity index is 335. The molecule has 0 fully saturated rings. The molecular formula is C11H25NO5S. The molecule has 0 aliphatic rings. The third-order valence-corrected chi connectivity index (χ3v) is 3.88. The van der Waals surface area contributed by atoms with Crippen molar-refractivity contribution in [2.45, 2.75) is 31.8 Å². The number of rotatable bonds is 7. The molecule has 0 saturated heterocycles. The quantitative estimate of drug-likeness (QED) is 0.546. The van der Waals surface area contributed by atoms with Crippen LogP contribution in [0.25, 0.3) is 0 Å². The molecule has 0 spiro atoms. The second kappa shape index (κ2) is 6.29. The predicted octanol–water partition coefficient (Wildman–Crippen LogP) is -1.15. The molecule has 0 aromatic rings. The molecule has 0 heterocycles. The van der Waals surface area contributed by atoms with Crippen LogP contribution in [0.3, 0.4) is 0 Å². The summed E-state index contributed by atoms with van der Waals surface area (Å²) >= 11 is 0. The smallest absolute Gasteiger partial charge is 0.148 e. The summed E-state index contributed by atoms with van der Waals surface area (Å²) in [5, 5.41) is 28.3. The van der Waals surface area contributed by atoms with Crippen LogP contribution < -0.4 is 0 Å². The third kappa shape index (κ3) is 4.81. The first-order valence-corrected chi connectivity index (χ1v) is 7.86. The van der Waals surface area contributed by atoms with Gasteiger partial charge in [0.15, 0.2) is 0 Å². The summed E-state index contributed by atoms with van der Waals surface area (Å²) in [6, 6.07) is 0. The predicted molar refractivity (Wildman–Crippen MR) is 70.2 cm³/mol. The summed E-state index contributed by atoms with van der Waals surface area (Å²) < 4.78 is 22.5. The van der Waals surface area contributed by atoms with E-state index in [0.717, 1.165) is 6.26 Å². The minimum atomic E-state index is -3.15. The van der Waals surface area contributed by atoms with Gasteiger partial charge in [0.1, 0.15) is 9.84 Å². The van der Waals surface area contributed by atoms with Crippen molar-refractivity contribution in [1.82, 2.24) is 4.90 Å². The van der Waals surface area contributed by atoms with Crippen molar-refractivity contribution in [2.24, 2.45) is 0 Å². The monoisotopic (exact) mass is 283 g/mol. The summed E-state index contributed by atoms with van der Waals surface area (Å²) in [4.78, 5) is 1.64. The fraction of sp³-hybridized carbons (Fsp3) is 1.00. The fourth-order valence-corrected chi connectivity index (χ4v) is 2.46. The van der Waals surface area contributed by atoms with E-state index < -0.39 is 40.7 Å². The number of aliphatic hydroxyl groups is 3. The van der Waals surface area contributed by atoms with Crippen molar-refractivity contribution < 1.29 is 23.7 Å². The summed E-state index contributed by atoms with van der Waals surface area (Å²) in [7, 11) is -3.15. The standard InChI is InChI=1S/C11H25NO5S/c1-10(2,3)12(5-6-18(4,16)17)11(7-13,8-14)9-15/h13-15H,5-9H2,1-4H3. The van der Waals surface area contributed by atoms with Crippen LogP contribution in [0.15, 0.2) is 0 Å². The van der Waals surface area contributed by atoms with Crippen LogP contribution in [0.1, 0.15) is 20.8 Å². The van der Waals surface area contributed by atoms with Gasteiger partial charge in [-0.15, -0.1) is 0 Å². The van der Waals surface area contributed by atoms with Crippen molar-refractivity contribution >= 4 is 9.84 Å². The molecule has 0 aromatic carbocycles. The molecular weight excluding hydrogens is 258 g/mol. The van der Waals surface area contributed by atoms with Gasteiger partial charge in [-0.2, -0.15) is 0 Å². The molecule has 7 heteroatoms. The van der Waals surface area contributed by atoms with E-state index in [2.05, 4.69) is 0 Å². The second-order valence-electron chi connectivity index (χ2n) is 5.65. The molecule has 0 atom stereocenters. The maximum absolute atomic E-state index is 11.2. The molecule has 0 bridgehead atoms. The first-order chi connectivity index (χ1) is 8.02. The molecule has 0 aliphatic heterocycles. The largest absolute Gasteiger partial charge is 0.394 e. The van der Waals surface area contributed by atoms with Gasteiger partial charge in [0.2, 0.25) is 0 Å².